The molecule has 0 saturated carbocycles. The van der Waals surface area contributed by atoms with Crippen LogP contribution in [0.1, 0.15) is 18.1 Å². The van der Waals surface area contributed by atoms with Gasteiger partial charge in [-0.3, -0.25) is 0 Å². The minimum absolute atomic E-state index is 0.526. The van der Waals surface area contributed by atoms with E-state index < -0.39 is 11.7 Å². The van der Waals surface area contributed by atoms with Crippen molar-refractivity contribution in [3.8, 4) is 22.4 Å². The molecule has 1 heterocycles. The van der Waals surface area contributed by atoms with Crippen LogP contribution in [0.15, 0.2) is 78.9 Å². The smallest absolute Gasteiger partial charge is 0.247 e. The molecular weight excluding hydrogens is 359 g/mol. The molecule has 0 radical (unpaired) electrons. The van der Waals surface area contributed by atoms with E-state index >= 15 is 0 Å². The maximum Gasteiger partial charge on any atom is 0.416 e. The first kappa shape index (κ1) is 18.2. The summed E-state index contributed by atoms with van der Waals surface area (Å²) in [6, 6.07) is 23.1. The summed E-state index contributed by atoms with van der Waals surface area (Å²) in [5, 5.41) is 0.526. The highest BCUT2D eigenvalue weighted by molar-refractivity contribution is 5.99. The second-order valence-corrected chi connectivity index (χ2v) is 6.63. The fourth-order valence-corrected chi connectivity index (χ4v) is 3.59. The maximum absolute atomic E-state index is 13.4. The Morgan fingerprint density at radius 1 is 0.786 bits per heavy atom. The third kappa shape index (κ3) is 3.26. The summed E-state index contributed by atoms with van der Waals surface area (Å²) in [5.41, 5.74) is 4.33. The number of benzene rings is 3. The van der Waals surface area contributed by atoms with E-state index in [4.69, 9.17) is 4.98 Å². The van der Waals surface area contributed by atoms with Crippen LogP contribution in [0.2, 0.25) is 0 Å². The first-order valence-corrected chi connectivity index (χ1v) is 9.13. The fraction of sp³-hybridized carbons (Fsp3) is 0.125. The molecule has 3 aromatic carbocycles. The van der Waals surface area contributed by atoms with E-state index in [1.165, 1.54) is 12.1 Å². The number of aromatic nitrogens is 1. The summed E-state index contributed by atoms with van der Waals surface area (Å²) in [6.07, 6.45) is -3.74. The Kier molecular flexibility index (Phi) is 4.63. The van der Waals surface area contributed by atoms with Gasteiger partial charge in [-0.1, -0.05) is 67.6 Å². The highest BCUT2D eigenvalue weighted by Gasteiger charge is 2.31. The van der Waals surface area contributed by atoms with Gasteiger partial charge in [0.05, 0.1) is 16.8 Å². The van der Waals surface area contributed by atoms with Crippen molar-refractivity contribution in [3.05, 3.63) is 90.0 Å². The van der Waals surface area contributed by atoms with Crippen molar-refractivity contribution < 1.29 is 13.2 Å². The summed E-state index contributed by atoms with van der Waals surface area (Å²) < 4.78 is 40.1. The first-order chi connectivity index (χ1) is 13.5. The van der Waals surface area contributed by atoms with Crippen LogP contribution in [-0.2, 0) is 12.6 Å². The molecule has 0 aliphatic heterocycles. The van der Waals surface area contributed by atoms with Crippen molar-refractivity contribution in [3.63, 3.8) is 0 Å². The van der Waals surface area contributed by atoms with Crippen LogP contribution < -0.4 is 0 Å². The van der Waals surface area contributed by atoms with Crippen LogP contribution in [0.5, 0.6) is 0 Å². The van der Waals surface area contributed by atoms with Crippen LogP contribution in [0.4, 0.5) is 13.2 Å². The molecule has 1 nitrogen and oxygen atoms in total. The number of alkyl halides is 3. The molecule has 0 unspecified atom stereocenters. The highest BCUT2D eigenvalue weighted by atomic mass is 19.4. The quantitative estimate of drug-likeness (QED) is 0.369. The Hall–Kier alpha value is -3.14. The monoisotopic (exact) mass is 377 g/mol. The summed E-state index contributed by atoms with van der Waals surface area (Å²) in [7, 11) is 0. The van der Waals surface area contributed by atoms with Gasteiger partial charge in [-0.05, 0) is 41.3 Å². The third-order valence-electron chi connectivity index (χ3n) is 4.88. The second-order valence-electron chi connectivity index (χ2n) is 6.63. The highest BCUT2D eigenvalue weighted by Crippen LogP contribution is 2.39. The number of hydrogen-bond donors (Lipinski definition) is 0. The standard InChI is InChI=1S/C24H18F3N/c1-2-19-22(16-9-5-3-6-10-16)20-15-18(24(25,26)27)13-14-21(20)28-23(19)17-11-7-4-8-12-17/h3-15H,2H2,1H3. The average Bonchev–Trinajstić information content (AvgIpc) is 2.72. The van der Waals surface area contributed by atoms with Crippen LogP contribution in [0, 0.1) is 0 Å². The number of rotatable bonds is 3. The lowest BCUT2D eigenvalue weighted by Gasteiger charge is -2.18. The summed E-state index contributed by atoms with van der Waals surface area (Å²) in [5.74, 6) is 0. The Labute approximate surface area is 161 Å². The number of nitrogens with zero attached hydrogens (tertiary/aromatic N) is 1. The zero-order valence-electron chi connectivity index (χ0n) is 15.3. The number of fused-ring (bicyclic) bond motifs is 1. The lowest BCUT2D eigenvalue weighted by Crippen LogP contribution is -2.06. The van der Waals surface area contributed by atoms with Crippen molar-refractivity contribution in [2.45, 2.75) is 19.5 Å². The van der Waals surface area contributed by atoms with Crippen molar-refractivity contribution in [2.24, 2.45) is 0 Å². The van der Waals surface area contributed by atoms with E-state index in [1.54, 1.807) is 0 Å². The first-order valence-electron chi connectivity index (χ1n) is 9.13. The average molecular weight is 377 g/mol. The Balaban J connectivity index is 2.12. The number of hydrogen-bond acceptors (Lipinski definition) is 1. The van der Waals surface area contributed by atoms with E-state index in [1.807, 2.05) is 67.6 Å². The van der Waals surface area contributed by atoms with Gasteiger partial charge in [0.15, 0.2) is 0 Å². The van der Waals surface area contributed by atoms with Crippen molar-refractivity contribution in [2.75, 3.05) is 0 Å². The molecular formula is C24H18F3N. The normalized spacial score (nSPS) is 11.7. The molecule has 0 amide bonds. The molecule has 4 heteroatoms. The molecule has 0 N–H and O–H groups in total. The van der Waals surface area contributed by atoms with Crippen molar-refractivity contribution in [1.82, 2.24) is 4.98 Å². The minimum atomic E-state index is -4.40. The summed E-state index contributed by atoms with van der Waals surface area (Å²) in [6.45, 7) is 2.01. The molecule has 0 fully saturated rings. The van der Waals surface area contributed by atoms with E-state index in [2.05, 4.69) is 0 Å². The fourth-order valence-electron chi connectivity index (χ4n) is 3.59. The minimum Gasteiger partial charge on any atom is -0.247 e. The van der Waals surface area contributed by atoms with E-state index in [9.17, 15) is 13.2 Å². The van der Waals surface area contributed by atoms with Gasteiger partial charge in [-0.15, -0.1) is 0 Å². The molecule has 4 aromatic rings. The molecule has 0 bridgehead atoms. The molecule has 4 rings (SSSR count). The van der Waals surface area contributed by atoms with Crippen molar-refractivity contribution >= 4 is 10.9 Å². The van der Waals surface area contributed by atoms with E-state index in [-0.39, 0.29) is 0 Å². The lowest BCUT2D eigenvalue weighted by atomic mass is 9.90. The van der Waals surface area contributed by atoms with Crippen molar-refractivity contribution in [1.29, 1.82) is 0 Å². The van der Waals surface area contributed by atoms with Crippen LogP contribution in [0.25, 0.3) is 33.3 Å². The van der Waals surface area contributed by atoms with Crippen LogP contribution >= 0.6 is 0 Å². The zero-order valence-corrected chi connectivity index (χ0v) is 15.3. The van der Waals surface area contributed by atoms with Crippen LogP contribution in [0.3, 0.4) is 0 Å². The maximum atomic E-state index is 13.4. The molecule has 0 aliphatic rings. The SMILES string of the molecule is CCc1c(-c2ccccc2)nc2ccc(C(F)(F)F)cc2c1-c1ccccc1. The van der Waals surface area contributed by atoms with Gasteiger partial charge >= 0.3 is 6.18 Å². The Morgan fingerprint density at radius 2 is 1.39 bits per heavy atom. The summed E-state index contributed by atoms with van der Waals surface area (Å²) in [4.78, 5) is 4.76. The van der Waals surface area contributed by atoms with Gasteiger partial charge in [0.25, 0.3) is 0 Å². The molecule has 0 aliphatic carbocycles. The third-order valence-corrected chi connectivity index (χ3v) is 4.88. The van der Waals surface area contributed by atoms with Gasteiger partial charge in [-0.25, -0.2) is 4.98 Å². The molecule has 0 saturated heterocycles. The topological polar surface area (TPSA) is 12.9 Å². The van der Waals surface area contributed by atoms with Gasteiger partial charge in [-0.2, -0.15) is 13.2 Å². The number of halogens is 3. The largest absolute Gasteiger partial charge is 0.416 e. The molecule has 28 heavy (non-hydrogen) atoms. The predicted octanol–water partition coefficient (Wildman–Crippen LogP) is 7.15. The van der Waals surface area contributed by atoms with Gasteiger partial charge in [0, 0.05) is 10.9 Å². The second kappa shape index (κ2) is 7.12. The Morgan fingerprint density at radius 3 is 1.96 bits per heavy atom. The van der Waals surface area contributed by atoms with Crippen LogP contribution in [-0.4, -0.2) is 4.98 Å². The van der Waals surface area contributed by atoms with Gasteiger partial charge < -0.3 is 0 Å². The Bertz CT molecular complexity index is 1120. The van der Waals surface area contributed by atoms with E-state index in [0.717, 1.165) is 34.0 Å². The molecule has 1 aromatic heterocycles. The summed E-state index contributed by atoms with van der Waals surface area (Å²) >= 11 is 0. The van der Waals surface area contributed by atoms with Gasteiger partial charge in [0.1, 0.15) is 0 Å². The van der Waals surface area contributed by atoms with Gasteiger partial charge in [0.2, 0.25) is 0 Å². The predicted molar refractivity (Wildman–Crippen MR) is 107 cm³/mol. The molecule has 140 valence electrons. The lowest BCUT2D eigenvalue weighted by molar-refractivity contribution is -0.137. The molecule has 0 atom stereocenters. The molecule has 0 spiro atoms. The zero-order chi connectivity index (χ0) is 19.7. The number of pyridine rings is 1. The van der Waals surface area contributed by atoms with E-state index in [0.29, 0.717) is 17.3 Å².